The first-order chi connectivity index (χ1) is 11.5. The minimum Gasteiger partial charge on any atom is -0.497 e. The van der Waals surface area contributed by atoms with E-state index in [2.05, 4.69) is 5.16 Å². The Morgan fingerprint density at radius 2 is 1.75 bits per heavy atom. The average Bonchev–Trinajstić information content (AvgIpc) is 2.60. The molecule has 0 aliphatic heterocycles. The van der Waals surface area contributed by atoms with Crippen molar-refractivity contribution in [1.82, 2.24) is 0 Å². The van der Waals surface area contributed by atoms with E-state index in [1.165, 1.54) is 7.11 Å². The number of oxime groups is 1. The molecule has 0 radical (unpaired) electrons. The molecule has 126 valence electrons. The van der Waals surface area contributed by atoms with E-state index in [9.17, 15) is 4.79 Å². The number of hydrogen-bond acceptors (Lipinski definition) is 5. The molecule has 0 fully saturated rings. The molecule has 24 heavy (non-hydrogen) atoms. The molecule has 0 bridgehead atoms. The minimum absolute atomic E-state index is 0.330. The molecule has 0 spiro atoms. The van der Waals surface area contributed by atoms with Crippen LogP contribution in [0.25, 0.3) is 11.1 Å². The summed E-state index contributed by atoms with van der Waals surface area (Å²) in [7, 11) is 2.99. The van der Waals surface area contributed by atoms with Crippen LogP contribution in [0.1, 0.15) is 29.8 Å². The van der Waals surface area contributed by atoms with Gasteiger partial charge in [0.25, 0.3) is 0 Å². The van der Waals surface area contributed by atoms with Gasteiger partial charge in [0, 0.05) is 5.56 Å². The Kier molecular flexibility index (Phi) is 5.95. The fraction of sp³-hybridized carbons (Fsp3) is 0.263. The second kappa shape index (κ2) is 8.15. The van der Waals surface area contributed by atoms with Crippen molar-refractivity contribution in [1.29, 1.82) is 0 Å². The zero-order chi connectivity index (χ0) is 17.5. The van der Waals surface area contributed by atoms with Crippen LogP contribution in [0.15, 0.2) is 47.6 Å². The summed E-state index contributed by atoms with van der Waals surface area (Å²) in [4.78, 5) is 16.9. The van der Waals surface area contributed by atoms with Gasteiger partial charge in [-0.05, 0) is 49.2 Å². The molecule has 2 aromatic rings. The van der Waals surface area contributed by atoms with E-state index in [0.717, 1.165) is 28.2 Å². The van der Waals surface area contributed by atoms with Gasteiger partial charge in [-0.3, -0.25) is 0 Å². The van der Waals surface area contributed by atoms with E-state index in [1.54, 1.807) is 19.2 Å². The van der Waals surface area contributed by atoms with Gasteiger partial charge in [-0.25, -0.2) is 4.79 Å². The Labute approximate surface area is 141 Å². The van der Waals surface area contributed by atoms with E-state index < -0.39 is 0 Å². The first kappa shape index (κ1) is 17.5. The Morgan fingerprint density at radius 3 is 2.33 bits per heavy atom. The first-order valence-electron chi connectivity index (χ1n) is 7.54. The van der Waals surface area contributed by atoms with Crippen LogP contribution in [0.4, 0.5) is 0 Å². The van der Waals surface area contributed by atoms with Crippen LogP contribution in [-0.4, -0.2) is 25.9 Å². The number of benzene rings is 2. The minimum atomic E-state index is -0.354. The molecule has 5 nitrogen and oxygen atoms in total. The third-order valence-electron chi connectivity index (χ3n) is 3.40. The zero-order valence-corrected chi connectivity index (χ0v) is 14.3. The summed E-state index contributed by atoms with van der Waals surface area (Å²) in [6, 6.07) is 13.0. The normalized spacial score (nSPS) is 10.0. The highest BCUT2D eigenvalue weighted by atomic mass is 16.6. The SMILES string of the molecule is COC(=O)c1ccc(-c2ccc(OC)cc2CON=C(C)C)cc1. The standard InChI is InChI=1S/C19H21NO4/c1-13(2)20-24-12-16-11-17(22-3)9-10-18(16)14-5-7-15(8-6-14)19(21)23-4/h5-11H,12H2,1-4H3. The third-order valence-corrected chi connectivity index (χ3v) is 3.40. The largest absolute Gasteiger partial charge is 0.497 e. The van der Waals surface area contributed by atoms with Crippen molar-refractivity contribution in [3.8, 4) is 16.9 Å². The smallest absolute Gasteiger partial charge is 0.337 e. The van der Waals surface area contributed by atoms with Crippen molar-refractivity contribution < 1.29 is 19.1 Å². The van der Waals surface area contributed by atoms with Gasteiger partial charge in [0.05, 0.1) is 25.5 Å². The molecular weight excluding hydrogens is 306 g/mol. The predicted molar refractivity (Wildman–Crippen MR) is 93.3 cm³/mol. The molecular formula is C19H21NO4. The number of methoxy groups -OCH3 is 2. The number of rotatable bonds is 6. The molecule has 0 unspecified atom stereocenters. The van der Waals surface area contributed by atoms with Crippen LogP contribution >= 0.6 is 0 Å². The van der Waals surface area contributed by atoms with E-state index in [4.69, 9.17) is 14.3 Å². The molecule has 0 saturated carbocycles. The Morgan fingerprint density at radius 1 is 1.04 bits per heavy atom. The fourth-order valence-electron chi connectivity index (χ4n) is 2.23. The Hall–Kier alpha value is -2.82. The highest BCUT2D eigenvalue weighted by molar-refractivity contribution is 5.90. The van der Waals surface area contributed by atoms with Crippen molar-refractivity contribution in [2.24, 2.45) is 5.16 Å². The van der Waals surface area contributed by atoms with E-state index in [0.29, 0.717) is 12.2 Å². The van der Waals surface area contributed by atoms with Crippen LogP contribution in [0.2, 0.25) is 0 Å². The van der Waals surface area contributed by atoms with Gasteiger partial charge in [0.2, 0.25) is 0 Å². The van der Waals surface area contributed by atoms with Gasteiger partial charge in [0.15, 0.2) is 0 Å². The van der Waals surface area contributed by atoms with Gasteiger partial charge in [-0.1, -0.05) is 23.4 Å². The molecule has 0 N–H and O–H groups in total. The van der Waals surface area contributed by atoms with Crippen molar-refractivity contribution in [2.45, 2.75) is 20.5 Å². The Bertz CT molecular complexity index is 732. The van der Waals surface area contributed by atoms with Gasteiger partial charge in [-0.15, -0.1) is 0 Å². The molecule has 2 aromatic carbocycles. The quantitative estimate of drug-likeness (QED) is 0.456. The van der Waals surface area contributed by atoms with Crippen molar-refractivity contribution in [3.05, 3.63) is 53.6 Å². The predicted octanol–water partition coefficient (Wildman–Crippen LogP) is 4.06. The van der Waals surface area contributed by atoms with Crippen LogP contribution in [0.5, 0.6) is 5.75 Å². The summed E-state index contributed by atoms with van der Waals surface area (Å²) >= 11 is 0. The summed E-state index contributed by atoms with van der Waals surface area (Å²) in [5, 5.41) is 3.97. The van der Waals surface area contributed by atoms with E-state index >= 15 is 0 Å². The maximum atomic E-state index is 11.5. The average molecular weight is 327 g/mol. The lowest BCUT2D eigenvalue weighted by atomic mass is 9.98. The molecule has 5 heteroatoms. The molecule has 0 saturated heterocycles. The number of hydrogen-bond donors (Lipinski definition) is 0. The van der Waals surface area contributed by atoms with Gasteiger partial charge in [-0.2, -0.15) is 0 Å². The summed E-state index contributed by atoms with van der Waals surface area (Å²) in [5.74, 6) is 0.397. The van der Waals surface area contributed by atoms with Crippen LogP contribution < -0.4 is 4.74 Å². The van der Waals surface area contributed by atoms with Crippen LogP contribution in [0.3, 0.4) is 0 Å². The first-order valence-corrected chi connectivity index (χ1v) is 7.54. The summed E-state index contributed by atoms with van der Waals surface area (Å²) in [5.41, 5.74) is 4.28. The number of ether oxygens (including phenoxy) is 2. The molecule has 0 aliphatic carbocycles. The molecule has 0 atom stereocenters. The van der Waals surface area contributed by atoms with Crippen LogP contribution in [0, 0.1) is 0 Å². The van der Waals surface area contributed by atoms with Crippen LogP contribution in [-0.2, 0) is 16.2 Å². The summed E-state index contributed by atoms with van der Waals surface area (Å²) in [6.07, 6.45) is 0. The third kappa shape index (κ3) is 4.35. The summed E-state index contributed by atoms with van der Waals surface area (Å²) < 4.78 is 10.0. The van der Waals surface area contributed by atoms with Gasteiger partial charge < -0.3 is 14.3 Å². The second-order valence-electron chi connectivity index (χ2n) is 5.40. The lowest BCUT2D eigenvalue weighted by molar-refractivity contribution is 0.0601. The van der Waals surface area contributed by atoms with E-state index in [-0.39, 0.29) is 5.97 Å². The summed E-state index contributed by atoms with van der Waals surface area (Å²) in [6.45, 7) is 4.08. The molecule has 0 amide bonds. The molecule has 0 aromatic heterocycles. The second-order valence-corrected chi connectivity index (χ2v) is 5.40. The van der Waals surface area contributed by atoms with Crippen molar-refractivity contribution in [2.75, 3.05) is 14.2 Å². The molecule has 0 heterocycles. The fourth-order valence-corrected chi connectivity index (χ4v) is 2.23. The van der Waals surface area contributed by atoms with Crippen molar-refractivity contribution >= 4 is 11.7 Å². The number of nitrogens with zero attached hydrogens (tertiary/aromatic N) is 1. The molecule has 2 rings (SSSR count). The number of esters is 1. The topological polar surface area (TPSA) is 57.1 Å². The monoisotopic (exact) mass is 327 g/mol. The Balaban J connectivity index is 2.34. The number of carbonyl (C=O) groups is 1. The lowest BCUT2D eigenvalue weighted by Gasteiger charge is -2.11. The van der Waals surface area contributed by atoms with Gasteiger partial charge in [0.1, 0.15) is 12.4 Å². The van der Waals surface area contributed by atoms with E-state index in [1.807, 2.05) is 44.2 Å². The van der Waals surface area contributed by atoms with Crippen molar-refractivity contribution in [3.63, 3.8) is 0 Å². The highest BCUT2D eigenvalue weighted by Crippen LogP contribution is 2.28. The lowest BCUT2D eigenvalue weighted by Crippen LogP contribution is -2.00. The highest BCUT2D eigenvalue weighted by Gasteiger charge is 2.10. The maximum absolute atomic E-state index is 11.5. The number of carbonyl (C=O) groups excluding carboxylic acids is 1. The van der Waals surface area contributed by atoms with Gasteiger partial charge >= 0.3 is 5.97 Å². The molecule has 0 aliphatic rings. The zero-order valence-electron chi connectivity index (χ0n) is 14.3. The maximum Gasteiger partial charge on any atom is 0.337 e.